The van der Waals surface area contributed by atoms with Gasteiger partial charge in [0.1, 0.15) is 11.6 Å². The molecule has 0 radical (unpaired) electrons. The second kappa shape index (κ2) is 5.42. The maximum absolute atomic E-state index is 13.6. The van der Waals surface area contributed by atoms with Crippen LogP contribution in [-0.4, -0.2) is 0 Å². The van der Waals surface area contributed by atoms with Gasteiger partial charge in [0.2, 0.25) is 0 Å². The zero-order chi connectivity index (χ0) is 12.2. The molecule has 0 saturated carbocycles. The van der Waals surface area contributed by atoms with E-state index in [4.69, 9.17) is 0 Å². The minimum Gasteiger partial charge on any atom is -0.207 e. The summed E-state index contributed by atoms with van der Waals surface area (Å²) in [4.78, 5) is 0. The first kappa shape index (κ1) is 13.1. The molecule has 0 unspecified atom stereocenters. The van der Waals surface area contributed by atoms with Gasteiger partial charge in [-0.15, -0.1) is 0 Å². The second-order valence-corrected chi connectivity index (χ2v) is 4.97. The van der Waals surface area contributed by atoms with Crippen LogP contribution in [0.15, 0.2) is 18.2 Å². The molecule has 1 rings (SSSR count). The Kier molecular flexibility index (Phi) is 4.45. The lowest BCUT2D eigenvalue weighted by atomic mass is 9.79. The molecule has 1 aromatic rings. The van der Waals surface area contributed by atoms with E-state index in [1.807, 2.05) is 13.8 Å². The third-order valence-electron chi connectivity index (χ3n) is 3.06. The van der Waals surface area contributed by atoms with E-state index in [1.165, 1.54) is 18.2 Å². The van der Waals surface area contributed by atoms with Gasteiger partial charge < -0.3 is 0 Å². The quantitative estimate of drug-likeness (QED) is 0.631. The number of unbranched alkanes of at least 4 members (excludes halogenated alkanes) is 2. The summed E-state index contributed by atoms with van der Waals surface area (Å²) in [5, 5.41) is 0. The Morgan fingerprint density at radius 3 is 2.44 bits per heavy atom. The molecule has 0 nitrogen and oxygen atoms in total. The van der Waals surface area contributed by atoms with Crippen molar-refractivity contribution in [2.24, 2.45) is 0 Å². The van der Waals surface area contributed by atoms with Gasteiger partial charge in [0.25, 0.3) is 0 Å². The normalized spacial score (nSPS) is 11.8. The van der Waals surface area contributed by atoms with Gasteiger partial charge >= 0.3 is 0 Å². The average molecular weight is 226 g/mol. The van der Waals surface area contributed by atoms with Gasteiger partial charge in [-0.3, -0.25) is 0 Å². The van der Waals surface area contributed by atoms with Crippen molar-refractivity contribution in [3.8, 4) is 0 Å². The fourth-order valence-corrected chi connectivity index (χ4v) is 1.97. The van der Waals surface area contributed by atoms with Gasteiger partial charge in [-0.05, 0) is 35.6 Å². The van der Waals surface area contributed by atoms with Crippen LogP contribution in [0.2, 0.25) is 0 Å². The van der Waals surface area contributed by atoms with Crippen molar-refractivity contribution in [3.05, 3.63) is 35.4 Å². The van der Waals surface area contributed by atoms with Crippen LogP contribution in [0.25, 0.3) is 0 Å². The van der Waals surface area contributed by atoms with Crippen molar-refractivity contribution in [1.29, 1.82) is 0 Å². The van der Waals surface area contributed by atoms with Crippen LogP contribution in [0.3, 0.4) is 0 Å². The van der Waals surface area contributed by atoms with Gasteiger partial charge in [-0.1, -0.05) is 40.0 Å². The molecule has 90 valence electrons. The third-order valence-corrected chi connectivity index (χ3v) is 3.06. The van der Waals surface area contributed by atoms with Gasteiger partial charge in [-0.25, -0.2) is 8.78 Å². The van der Waals surface area contributed by atoms with E-state index >= 15 is 0 Å². The molecular weight excluding hydrogens is 206 g/mol. The highest BCUT2D eigenvalue weighted by atomic mass is 19.1. The first-order valence-corrected chi connectivity index (χ1v) is 5.93. The minimum absolute atomic E-state index is 0.290. The maximum Gasteiger partial charge on any atom is 0.127 e. The van der Waals surface area contributed by atoms with E-state index in [1.54, 1.807) is 0 Å². The number of halogens is 2. The van der Waals surface area contributed by atoms with E-state index in [2.05, 4.69) is 6.92 Å². The van der Waals surface area contributed by atoms with E-state index in [-0.39, 0.29) is 17.0 Å². The van der Waals surface area contributed by atoms with Gasteiger partial charge in [0.05, 0.1) is 0 Å². The fourth-order valence-electron chi connectivity index (χ4n) is 1.97. The molecule has 0 spiro atoms. The van der Waals surface area contributed by atoms with Crippen LogP contribution >= 0.6 is 0 Å². The Bertz CT molecular complexity index is 343. The number of rotatable bonds is 5. The topological polar surface area (TPSA) is 0 Å². The van der Waals surface area contributed by atoms with E-state index in [9.17, 15) is 8.78 Å². The molecule has 0 N–H and O–H groups in total. The summed E-state index contributed by atoms with van der Waals surface area (Å²) in [5.74, 6) is -0.664. The molecule has 2 heteroatoms. The molecule has 16 heavy (non-hydrogen) atoms. The van der Waals surface area contributed by atoms with Crippen LogP contribution in [-0.2, 0) is 5.41 Å². The molecule has 0 aromatic heterocycles. The third kappa shape index (κ3) is 3.29. The smallest absolute Gasteiger partial charge is 0.127 e. The molecular formula is C14H20F2. The molecule has 0 fully saturated rings. The van der Waals surface area contributed by atoms with Crippen molar-refractivity contribution in [3.63, 3.8) is 0 Å². The molecule has 1 aromatic carbocycles. The number of hydrogen-bond donors (Lipinski definition) is 0. The van der Waals surface area contributed by atoms with Gasteiger partial charge in [0.15, 0.2) is 0 Å². The summed E-state index contributed by atoms with van der Waals surface area (Å²) < 4.78 is 26.7. The van der Waals surface area contributed by atoms with Crippen LogP contribution in [0.1, 0.15) is 52.0 Å². The van der Waals surface area contributed by atoms with E-state index < -0.39 is 0 Å². The lowest BCUT2D eigenvalue weighted by Gasteiger charge is -2.25. The molecule has 0 heterocycles. The predicted octanol–water partition coefficient (Wildman–Crippen LogP) is 4.82. The summed E-state index contributed by atoms with van der Waals surface area (Å²) in [6.07, 6.45) is 4.22. The Hall–Kier alpha value is -0.920. The number of benzene rings is 1. The van der Waals surface area contributed by atoms with Gasteiger partial charge in [-0.2, -0.15) is 0 Å². The van der Waals surface area contributed by atoms with Crippen LogP contribution in [0.4, 0.5) is 8.78 Å². The van der Waals surface area contributed by atoms with Crippen molar-refractivity contribution >= 4 is 0 Å². The second-order valence-electron chi connectivity index (χ2n) is 4.97. The van der Waals surface area contributed by atoms with E-state index in [0.717, 1.165) is 25.7 Å². The Morgan fingerprint density at radius 1 is 1.12 bits per heavy atom. The minimum atomic E-state index is -0.361. The Morgan fingerprint density at radius 2 is 1.81 bits per heavy atom. The predicted molar refractivity (Wildman–Crippen MR) is 63.5 cm³/mol. The summed E-state index contributed by atoms with van der Waals surface area (Å²) in [5.41, 5.74) is 0.199. The summed E-state index contributed by atoms with van der Waals surface area (Å²) in [7, 11) is 0. The number of hydrogen-bond acceptors (Lipinski definition) is 0. The lowest BCUT2D eigenvalue weighted by molar-refractivity contribution is 0.424. The first-order valence-electron chi connectivity index (χ1n) is 5.93. The zero-order valence-electron chi connectivity index (χ0n) is 10.3. The highest BCUT2D eigenvalue weighted by molar-refractivity contribution is 5.26. The highest BCUT2D eigenvalue weighted by Gasteiger charge is 2.23. The zero-order valence-corrected chi connectivity index (χ0v) is 10.3. The van der Waals surface area contributed by atoms with Crippen molar-refractivity contribution in [2.45, 2.75) is 51.9 Å². The van der Waals surface area contributed by atoms with Crippen molar-refractivity contribution < 1.29 is 8.78 Å². The molecule has 0 bridgehead atoms. The molecule has 0 atom stereocenters. The van der Waals surface area contributed by atoms with Crippen molar-refractivity contribution in [1.82, 2.24) is 0 Å². The summed E-state index contributed by atoms with van der Waals surface area (Å²) in [6, 6.07) is 3.70. The van der Waals surface area contributed by atoms with Crippen LogP contribution in [0.5, 0.6) is 0 Å². The lowest BCUT2D eigenvalue weighted by Crippen LogP contribution is -2.19. The molecule has 0 saturated heterocycles. The first-order chi connectivity index (χ1) is 7.47. The molecule has 0 aliphatic carbocycles. The van der Waals surface area contributed by atoms with E-state index in [0.29, 0.717) is 5.56 Å². The molecule has 0 aliphatic rings. The van der Waals surface area contributed by atoms with Gasteiger partial charge in [0, 0.05) is 0 Å². The molecule has 0 aliphatic heterocycles. The van der Waals surface area contributed by atoms with Crippen LogP contribution < -0.4 is 0 Å². The average Bonchev–Trinajstić information content (AvgIpc) is 2.22. The maximum atomic E-state index is 13.6. The highest BCUT2D eigenvalue weighted by Crippen LogP contribution is 2.31. The largest absolute Gasteiger partial charge is 0.207 e. The Labute approximate surface area is 96.7 Å². The Balaban J connectivity index is 2.83. The standard InChI is InChI=1S/C14H20F2/c1-4-5-6-9-14(2,3)12-10-11(15)7-8-13(12)16/h7-8,10H,4-6,9H2,1-3H3. The fraction of sp³-hybridized carbons (Fsp3) is 0.571. The monoisotopic (exact) mass is 226 g/mol. The summed E-state index contributed by atoms with van der Waals surface area (Å²) in [6.45, 7) is 6.08. The SMILES string of the molecule is CCCCCC(C)(C)c1cc(F)ccc1F. The molecule has 0 amide bonds. The summed E-state index contributed by atoms with van der Waals surface area (Å²) >= 11 is 0. The van der Waals surface area contributed by atoms with Crippen molar-refractivity contribution in [2.75, 3.05) is 0 Å². The van der Waals surface area contributed by atoms with Crippen LogP contribution in [0, 0.1) is 11.6 Å².